The van der Waals surface area contributed by atoms with Crippen LogP contribution in [0.15, 0.2) is 24.3 Å². The van der Waals surface area contributed by atoms with Gasteiger partial charge in [-0.2, -0.15) is 5.10 Å². The zero-order chi connectivity index (χ0) is 16.1. The van der Waals surface area contributed by atoms with Crippen molar-refractivity contribution in [3.8, 4) is 5.69 Å². The molecule has 2 aromatic rings. The van der Waals surface area contributed by atoms with Crippen molar-refractivity contribution in [1.29, 1.82) is 0 Å². The van der Waals surface area contributed by atoms with Gasteiger partial charge in [-0.25, -0.2) is 4.68 Å². The number of non-ortho nitro benzene ring substituents is 1. The number of carbonyl (C=O) groups is 1. The average molecular weight is 300 g/mol. The predicted octanol–water partition coefficient (Wildman–Crippen LogP) is 2.52. The molecule has 0 aliphatic heterocycles. The fourth-order valence-corrected chi connectivity index (χ4v) is 2.86. The van der Waals surface area contributed by atoms with Crippen molar-refractivity contribution in [3.05, 3.63) is 45.6 Å². The number of benzene rings is 1. The van der Waals surface area contributed by atoms with Gasteiger partial charge < -0.3 is 5.73 Å². The van der Waals surface area contributed by atoms with Crippen molar-refractivity contribution < 1.29 is 9.72 Å². The number of nitro groups is 1. The van der Waals surface area contributed by atoms with Crippen LogP contribution >= 0.6 is 0 Å². The summed E-state index contributed by atoms with van der Waals surface area (Å²) in [5.74, 6) is 0.293. The number of rotatable bonds is 2. The van der Waals surface area contributed by atoms with Gasteiger partial charge in [0, 0.05) is 18.6 Å². The monoisotopic (exact) mass is 300 g/mol. The molecule has 0 saturated heterocycles. The third-order valence-corrected chi connectivity index (χ3v) is 3.86. The van der Waals surface area contributed by atoms with Gasteiger partial charge in [0.1, 0.15) is 5.82 Å². The van der Waals surface area contributed by atoms with E-state index in [9.17, 15) is 14.9 Å². The van der Waals surface area contributed by atoms with Crippen LogP contribution in [-0.2, 0) is 6.42 Å². The number of nitrogens with two attached hydrogens (primary N) is 1. The fourth-order valence-electron chi connectivity index (χ4n) is 2.86. The predicted molar refractivity (Wildman–Crippen MR) is 81.1 cm³/mol. The SMILES string of the molecule is CC1(C)CC(=O)c2c(nn(-c3ccc([N+](=O)[O-])cc3)c2N)C1. The third-order valence-electron chi connectivity index (χ3n) is 3.86. The number of ketones is 1. The zero-order valence-electron chi connectivity index (χ0n) is 12.4. The van der Waals surface area contributed by atoms with Crippen LogP contribution in [0.3, 0.4) is 0 Å². The summed E-state index contributed by atoms with van der Waals surface area (Å²) in [6.45, 7) is 4.05. The summed E-state index contributed by atoms with van der Waals surface area (Å²) in [7, 11) is 0. The molecule has 1 aromatic heterocycles. The van der Waals surface area contributed by atoms with Crippen LogP contribution in [-0.4, -0.2) is 20.5 Å². The maximum atomic E-state index is 12.3. The van der Waals surface area contributed by atoms with Gasteiger partial charge in [0.05, 0.1) is 21.9 Å². The lowest BCUT2D eigenvalue weighted by Crippen LogP contribution is -2.26. The first-order valence-corrected chi connectivity index (χ1v) is 6.94. The van der Waals surface area contributed by atoms with E-state index in [1.807, 2.05) is 13.8 Å². The summed E-state index contributed by atoms with van der Waals surface area (Å²) in [6, 6.07) is 5.92. The Labute approximate surface area is 126 Å². The molecule has 1 aliphatic rings. The molecule has 114 valence electrons. The second-order valence-electron chi connectivity index (χ2n) is 6.33. The molecule has 0 amide bonds. The summed E-state index contributed by atoms with van der Waals surface area (Å²) >= 11 is 0. The van der Waals surface area contributed by atoms with Crippen LogP contribution in [0.1, 0.15) is 36.3 Å². The minimum atomic E-state index is -0.465. The van der Waals surface area contributed by atoms with Crippen molar-refractivity contribution in [1.82, 2.24) is 9.78 Å². The minimum absolute atomic E-state index is 0.00286. The molecule has 22 heavy (non-hydrogen) atoms. The molecule has 3 rings (SSSR count). The molecule has 0 saturated carbocycles. The second kappa shape index (κ2) is 4.66. The van der Waals surface area contributed by atoms with E-state index in [4.69, 9.17) is 5.73 Å². The van der Waals surface area contributed by atoms with Gasteiger partial charge in [0.2, 0.25) is 0 Å². The molecule has 0 bridgehead atoms. The number of carbonyl (C=O) groups excluding carboxylic acids is 1. The highest BCUT2D eigenvalue weighted by atomic mass is 16.6. The van der Waals surface area contributed by atoms with E-state index < -0.39 is 4.92 Å². The van der Waals surface area contributed by atoms with Crippen LogP contribution in [0.4, 0.5) is 11.5 Å². The standard InChI is InChI=1S/C15H16N4O3/c1-15(2)7-11-13(12(20)8-15)14(16)18(17-11)9-3-5-10(6-4-9)19(21)22/h3-6H,7-8,16H2,1-2H3. The molecular weight excluding hydrogens is 284 g/mol. The Bertz CT molecular complexity index is 775. The Hall–Kier alpha value is -2.70. The molecule has 1 heterocycles. The Balaban J connectivity index is 2.07. The molecule has 2 N–H and O–H groups in total. The number of Topliss-reactive ketones (excluding diaryl/α,β-unsaturated/α-hetero) is 1. The van der Waals surface area contributed by atoms with Gasteiger partial charge in [-0.05, 0) is 24.0 Å². The van der Waals surface area contributed by atoms with E-state index in [0.717, 1.165) is 0 Å². The number of fused-ring (bicyclic) bond motifs is 1. The van der Waals surface area contributed by atoms with Crippen molar-refractivity contribution in [3.63, 3.8) is 0 Å². The van der Waals surface area contributed by atoms with E-state index in [-0.39, 0.29) is 16.9 Å². The lowest BCUT2D eigenvalue weighted by molar-refractivity contribution is -0.384. The van der Waals surface area contributed by atoms with Crippen molar-refractivity contribution in [2.24, 2.45) is 5.41 Å². The highest BCUT2D eigenvalue weighted by molar-refractivity contribution is 6.02. The number of anilines is 1. The summed E-state index contributed by atoms with van der Waals surface area (Å²) in [5.41, 5.74) is 7.72. The number of nitro benzene ring substituents is 1. The Morgan fingerprint density at radius 2 is 1.91 bits per heavy atom. The smallest absolute Gasteiger partial charge is 0.269 e. The van der Waals surface area contributed by atoms with E-state index in [0.29, 0.717) is 35.6 Å². The Kier molecular flexibility index (Phi) is 3.01. The van der Waals surface area contributed by atoms with Crippen LogP contribution in [0.2, 0.25) is 0 Å². The Morgan fingerprint density at radius 3 is 2.50 bits per heavy atom. The number of hydrogen-bond acceptors (Lipinski definition) is 5. The van der Waals surface area contributed by atoms with Gasteiger partial charge in [0.15, 0.2) is 5.78 Å². The highest BCUT2D eigenvalue weighted by Crippen LogP contribution is 2.37. The lowest BCUT2D eigenvalue weighted by Gasteiger charge is -2.27. The molecule has 0 fully saturated rings. The molecule has 0 atom stereocenters. The third kappa shape index (κ3) is 2.24. The van der Waals surface area contributed by atoms with Gasteiger partial charge in [0.25, 0.3) is 5.69 Å². The minimum Gasteiger partial charge on any atom is -0.383 e. The summed E-state index contributed by atoms with van der Waals surface area (Å²) in [6.07, 6.45) is 1.12. The second-order valence-corrected chi connectivity index (χ2v) is 6.33. The van der Waals surface area contributed by atoms with Crippen molar-refractivity contribution in [2.45, 2.75) is 26.7 Å². The molecule has 7 nitrogen and oxygen atoms in total. The van der Waals surface area contributed by atoms with Gasteiger partial charge in [-0.15, -0.1) is 0 Å². The normalized spacial score (nSPS) is 16.4. The summed E-state index contributed by atoms with van der Waals surface area (Å²) in [4.78, 5) is 22.5. The number of nitrogen functional groups attached to an aromatic ring is 1. The number of hydrogen-bond donors (Lipinski definition) is 1. The average Bonchev–Trinajstić information content (AvgIpc) is 2.74. The molecule has 0 radical (unpaired) electrons. The maximum Gasteiger partial charge on any atom is 0.269 e. The Morgan fingerprint density at radius 1 is 1.27 bits per heavy atom. The fraction of sp³-hybridized carbons (Fsp3) is 0.333. The van der Waals surface area contributed by atoms with Crippen LogP contribution < -0.4 is 5.73 Å². The quantitative estimate of drug-likeness (QED) is 0.677. The highest BCUT2D eigenvalue weighted by Gasteiger charge is 2.35. The topological polar surface area (TPSA) is 104 Å². The van der Waals surface area contributed by atoms with Crippen LogP contribution in [0, 0.1) is 15.5 Å². The number of nitrogens with zero attached hydrogens (tertiary/aromatic N) is 3. The first-order valence-electron chi connectivity index (χ1n) is 6.94. The molecule has 1 aliphatic carbocycles. The van der Waals surface area contributed by atoms with Crippen LogP contribution in [0.25, 0.3) is 5.69 Å². The number of aromatic nitrogens is 2. The maximum absolute atomic E-state index is 12.3. The lowest BCUT2D eigenvalue weighted by atomic mass is 9.76. The molecule has 0 unspecified atom stereocenters. The summed E-state index contributed by atoms with van der Waals surface area (Å²) in [5, 5.41) is 15.1. The first-order chi connectivity index (χ1) is 10.3. The van der Waals surface area contributed by atoms with Gasteiger partial charge in [-0.1, -0.05) is 13.8 Å². The van der Waals surface area contributed by atoms with Gasteiger partial charge >= 0.3 is 0 Å². The van der Waals surface area contributed by atoms with E-state index in [2.05, 4.69) is 5.10 Å². The largest absolute Gasteiger partial charge is 0.383 e. The van der Waals surface area contributed by atoms with Crippen molar-refractivity contribution >= 4 is 17.3 Å². The zero-order valence-corrected chi connectivity index (χ0v) is 12.4. The first kappa shape index (κ1) is 14.2. The van der Waals surface area contributed by atoms with E-state index in [1.165, 1.54) is 16.8 Å². The summed E-state index contributed by atoms with van der Waals surface area (Å²) < 4.78 is 1.48. The van der Waals surface area contributed by atoms with Crippen molar-refractivity contribution in [2.75, 3.05) is 5.73 Å². The molecule has 0 spiro atoms. The van der Waals surface area contributed by atoms with E-state index >= 15 is 0 Å². The molecule has 1 aromatic carbocycles. The molecular formula is C15H16N4O3. The van der Waals surface area contributed by atoms with Crippen LogP contribution in [0.5, 0.6) is 0 Å². The van der Waals surface area contributed by atoms with E-state index in [1.54, 1.807) is 12.1 Å². The van der Waals surface area contributed by atoms with Gasteiger partial charge in [-0.3, -0.25) is 14.9 Å². The molecule has 7 heteroatoms.